The maximum atomic E-state index is 9.94. The molecule has 17 N–H and O–H groups in total. The van der Waals surface area contributed by atoms with Crippen LogP contribution in [0.1, 0.15) is 0 Å². The van der Waals surface area contributed by atoms with E-state index in [1.165, 1.54) is 0 Å². The fraction of sp³-hybridized carbons (Fsp3) is 0.913. The average Bonchev–Trinajstić information content (AvgIpc) is 3.06. The van der Waals surface area contributed by atoms with E-state index in [1.807, 2.05) is 0 Å². The zero-order valence-electron chi connectivity index (χ0n) is 23.4. The summed E-state index contributed by atoms with van der Waals surface area (Å²) in [7, 11) is 0. The van der Waals surface area contributed by atoms with E-state index in [4.69, 9.17) is 65.3 Å². The van der Waals surface area contributed by atoms with E-state index in [-0.39, 0.29) is 12.6 Å². The number of carbonyl (C=O) groups excluding carboxylic acids is 2. The van der Waals surface area contributed by atoms with Crippen molar-refractivity contribution in [1.29, 1.82) is 0 Å². The van der Waals surface area contributed by atoms with Gasteiger partial charge in [-0.2, -0.15) is 0 Å². The molecule has 0 aliphatic carbocycles. The zero-order valence-corrected chi connectivity index (χ0v) is 23.4. The Bertz CT molecular complexity index is 805. The summed E-state index contributed by atoms with van der Waals surface area (Å²) in [5.41, 5.74) is 0. The third-order valence-corrected chi connectivity index (χ3v) is 6.47. The summed E-state index contributed by atoms with van der Waals surface area (Å²) in [5, 5.41) is 154. The maximum Gasteiger partial charge on any atom is 0.187 e. The predicted octanol–water partition coefficient (Wildman–Crippen LogP) is -11.5. The van der Waals surface area contributed by atoms with E-state index in [2.05, 4.69) is 0 Å². The monoisotopic (exact) mass is 672 g/mol. The number of hydrogen-bond donors (Lipinski definition) is 17. The summed E-state index contributed by atoms with van der Waals surface area (Å²) in [5.74, 6) is 0. The lowest BCUT2D eigenvalue weighted by molar-refractivity contribution is -0.355. The first-order valence-electron chi connectivity index (χ1n) is 13.1. The second kappa shape index (κ2) is 21.4. The summed E-state index contributed by atoms with van der Waals surface area (Å²) in [6.07, 6.45) is -27.0. The van der Waals surface area contributed by atoms with Crippen LogP contribution in [0.3, 0.4) is 0 Å². The highest BCUT2D eigenvalue weighted by atomic mass is 16.7. The largest absolute Gasteiger partial charge is 0.394 e. The molecule has 2 saturated heterocycles. The van der Waals surface area contributed by atoms with Gasteiger partial charge in [0, 0.05) is 0 Å². The molecule has 0 saturated carbocycles. The molecule has 0 bridgehead atoms. The third kappa shape index (κ3) is 12.6. The topological polar surface area (TPSA) is 406 Å². The highest BCUT2D eigenvalue weighted by Crippen LogP contribution is 2.28. The lowest BCUT2D eigenvalue weighted by Crippen LogP contribution is -2.64. The molecule has 0 unspecified atom stereocenters. The van der Waals surface area contributed by atoms with Gasteiger partial charge in [-0.15, -0.1) is 0 Å². The Kier molecular flexibility index (Phi) is 20.7. The van der Waals surface area contributed by atoms with Crippen molar-refractivity contribution in [2.75, 3.05) is 26.4 Å². The molecule has 0 aromatic rings. The Labute approximate surface area is 254 Å². The Morgan fingerprint density at radius 2 is 1.02 bits per heavy atom. The van der Waals surface area contributed by atoms with Crippen LogP contribution in [0.25, 0.3) is 0 Å². The average molecular weight is 673 g/mol. The number of aliphatic hydroxyl groups is 17. The van der Waals surface area contributed by atoms with Crippen LogP contribution in [0, 0.1) is 0 Å². The van der Waals surface area contributed by atoms with Crippen molar-refractivity contribution < 1.29 is 111 Å². The molecule has 0 aromatic heterocycles. The van der Waals surface area contributed by atoms with Crippen molar-refractivity contribution in [3.05, 3.63) is 0 Å². The summed E-state index contributed by atoms with van der Waals surface area (Å²) < 4.78 is 15.3. The lowest BCUT2D eigenvalue weighted by atomic mass is 9.97. The Morgan fingerprint density at radius 3 is 1.47 bits per heavy atom. The standard InChI is InChI=1S/C12H22O11.C6H12O6.C5H10O5/c13-1-3-5(15)6(16)9(19)12(22-3)23-10-4(2-14)21-11(20)8(18)7(10)17;7-1-3(9)5(11)6(12)4(10)2-8;6-1-3(8)5(10)4(9)2-7/h3-20H,1-2H2;1,3-6,8-12H,2H2;1,3-5,7-10H,2H2/t3-,4-,5+,6+,7-,8-,9-,10-,11-,12+;3-,4+,5+,6+;3-,4+,5-/m100/s1. The van der Waals surface area contributed by atoms with Gasteiger partial charge in [0.2, 0.25) is 0 Å². The molecule has 2 aliphatic heterocycles. The van der Waals surface area contributed by atoms with Crippen molar-refractivity contribution in [3.63, 3.8) is 0 Å². The number of ether oxygens (including phenoxy) is 3. The lowest BCUT2D eigenvalue weighted by Gasteiger charge is -2.45. The fourth-order valence-electron chi connectivity index (χ4n) is 3.60. The minimum atomic E-state index is -1.79. The molecule has 268 valence electrons. The van der Waals surface area contributed by atoms with Gasteiger partial charge in [-0.3, -0.25) is 0 Å². The first-order valence-corrected chi connectivity index (χ1v) is 13.1. The Balaban J connectivity index is 0.000000740. The van der Waals surface area contributed by atoms with Crippen molar-refractivity contribution in [3.8, 4) is 0 Å². The van der Waals surface area contributed by atoms with Crippen LogP contribution in [0.15, 0.2) is 0 Å². The van der Waals surface area contributed by atoms with Gasteiger partial charge in [-0.1, -0.05) is 0 Å². The third-order valence-electron chi connectivity index (χ3n) is 6.47. The van der Waals surface area contributed by atoms with Gasteiger partial charge in [-0.05, 0) is 0 Å². The molecule has 2 rings (SSSR count). The van der Waals surface area contributed by atoms with E-state index in [9.17, 15) is 45.3 Å². The number of rotatable bonds is 13. The molecule has 0 aromatic carbocycles. The fourth-order valence-corrected chi connectivity index (χ4v) is 3.60. The summed E-state index contributed by atoms with van der Waals surface area (Å²) in [6.45, 7) is -2.79. The predicted molar refractivity (Wildman–Crippen MR) is 137 cm³/mol. The van der Waals surface area contributed by atoms with Gasteiger partial charge in [0.05, 0.1) is 26.4 Å². The van der Waals surface area contributed by atoms with E-state index in [1.54, 1.807) is 0 Å². The molecule has 2 fully saturated rings. The molecule has 22 nitrogen and oxygen atoms in total. The van der Waals surface area contributed by atoms with Crippen LogP contribution in [0.5, 0.6) is 0 Å². The number of aliphatic hydroxyl groups excluding tert-OH is 17. The van der Waals surface area contributed by atoms with Crippen molar-refractivity contribution in [2.45, 2.75) is 104 Å². The van der Waals surface area contributed by atoms with Crippen LogP contribution in [-0.4, -0.2) is 230 Å². The molecule has 22 heteroatoms. The van der Waals surface area contributed by atoms with Crippen molar-refractivity contribution in [1.82, 2.24) is 0 Å². The van der Waals surface area contributed by atoms with Crippen LogP contribution >= 0.6 is 0 Å². The number of aldehydes is 2. The molecular weight excluding hydrogens is 628 g/mol. The molecule has 0 spiro atoms. The second-order valence-corrected chi connectivity index (χ2v) is 9.75. The molecule has 0 radical (unpaired) electrons. The molecule has 2 heterocycles. The van der Waals surface area contributed by atoms with Crippen LogP contribution in [0.2, 0.25) is 0 Å². The van der Waals surface area contributed by atoms with E-state index in [0.717, 1.165) is 0 Å². The van der Waals surface area contributed by atoms with Gasteiger partial charge in [0.1, 0.15) is 91.6 Å². The molecule has 17 atom stereocenters. The van der Waals surface area contributed by atoms with Gasteiger partial charge in [0.25, 0.3) is 0 Å². The van der Waals surface area contributed by atoms with Gasteiger partial charge >= 0.3 is 0 Å². The molecule has 45 heavy (non-hydrogen) atoms. The van der Waals surface area contributed by atoms with E-state index in [0.29, 0.717) is 0 Å². The second-order valence-electron chi connectivity index (χ2n) is 9.75. The first-order chi connectivity index (χ1) is 21.0. The number of hydrogen-bond acceptors (Lipinski definition) is 22. The smallest absolute Gasteiger partial charge is 0.187 e. The molecule has 0 amide bonds. The first kappa shape index (κ1) is 43.5. The Morgan fingerprint density at radius 1 is 0.556 bits per heavy atom. The minimum Gasteiger partial charge on any atom is -0.394 e. The Hall–Kier alpha value is -1.46. The minimum absolute atomic E-state index is 0.0258. The quantitative estimate of drug-likeness (QED) is 0.0807. The van der Waals surface area contributed by atoms with Gasteiger partial charge in [-0.25, -0.2) is 0 Å². The molecular formula is C23H44O22. The van der Waals surface area contributed by atoms with Gasteiger partial charge < -0.3 is 111 Å². The summed E-state index contributed by atoms with van der Waals surface area (Å²) in [4.78, 5) is 19.7. The van der Waals surface area contributed by atoms with Crippen molar-refractivity contribution >= 4 is 12.6 Å². The highest BCUT2D eigenvalue weighted by Gasteiger charge is 2.50. The zero-order chi connectivity index (χ0) is 35.2. The van der Waals surface area contributed by atoms with E-state index < -0.39 is 131 Å². The van der Waals surface area contributed by atoms with Crippen molar-refractivity contribution in [2.24, 2.45) is 0 Å². The SMILES string of the molecule is O=C[C@H](O)[C@@H](O)[C@H](O)[C@H](O)CO.O=C[C@H](O)[C@H](O)[C@H](O)CO.OC[C@H]1O[C@@H](O[C@H]2[C@H](O)[C@@H](O)[C@H](O)O[C@@H]2CO)[C@H](O)[C@@H](O)[C@H]1O. The summed E-state index contributed by atoms with van der Waals surface area (Å²) in [6, 6.07) is 0. The number of carbonyl (C=O) groups is 2. The van der Waals surface area contributed by atoms with Crippen LogP contribution < -0.4 is 0 Å². The molecule has 2 aliphatic rings. The summed E-state index contributed by atoms with van der Waals surface area (Å²) >= 11 is 0. The van der Waals surface area contributed by atoms with Gasteiger partial charge in [0.15, 0.2) is 25.2 Å². The maximum absolute atomic E-state index is 9.94. The highest BCUT2D eigenvalue weighted by molar-refractivity contribution is 5.57. The normalized spacial score (nSPS) is 36.4. The van der Waals surface area contributed by atoms with E-state index >= 15 is 0 Å². The van der Waals surface area contributed by atoms with Crippen LogP contribution in [0.4, 0.5) is 0 Å². The van der Waals surface area contributed by atoms with Crippen LogP contribution in [-0.2, 0) is 23.8 Å².